The van der Waals surface area contributed by atoms with Crippen LogP contribution in [-0.4, -0.2) is 138 Å². The van der Waals surface area contributed by atoms with Crippen LogP contribution in [0.4, 0.5) is 11.4 Å². The summed E-state index contributed by atoms with van der Waals surface area (Å²) in [7, 11) is 3.06. The van der Waals surface area contributed by atoms with E-state index >= 15 is 0 Å². The van der Waals surface area contributed by atoms with Gasteiger partial charge in [-0.05, 0) is 70.9 Å². The van der Waals surface area contributed by atoms with Gasteiger partial charge in [-0.15, -0.1) is 0 Å². The van der Waals surface area contributed by atoms with Gasteiger partial charge in [-0.1, -0.05) is 70.0 Å². The number of carboxylic acid groups (broad SMARTS) is 1. The highest BCUT2D eigenvalue weighted by atomic mass is 79.9. The molecule has 6 rings (SSSR count). The summed E-state index contributed by atoms with van der Waals surface area (Å²) in [6.07, 6.45) is 6.03. The van der Waals surface area contributed by atoms with Crippen molar-refractivity contribution in [1.82, 2.24) is 15.1 Å². The largest absolute Gasteiger partial charge is 0.493 e. The summed E-state index contributed by atoms with van der Waals surface area (Å²) in [6, 6.07) is 6.47. The van der Waals surface area contributed by atoms with E-state index in [1.54, 1.807) is 52.3 Å². The molecule has 358 valence electrons. The van der Waals surface area contributed by atoms with Crippen LogP contribution in [0.1, 0.15) is 93.4 Å². The first-order chi connectivity index (χ1) is 31.2. The summed E-state index contributed by atoms with van der Waals surface area (Å²) in [6.45, 7) is 18.1. The number of hydrogen-bond donors (Lipinski definition) is 2. The first kappa shape index (κ1) is 50.5. The Balaban J connectivity index is 1.07. The van der Waals surface area contributed by atoms with Gasteiger partial charge in [-0.3, -0.25) is 29.0 Å². The number of carbonyl (C=O) groups is 5. The second kappa shape index (κ2) is 21.3. The molecule has 0 radical (unpaired) electrons. The summed E-state index contributed by atoms with van der Waals surface area (Å²) in [4.78, 5) is 73.8. The van der Waals surface area contributed by atoms with Gasteiger partial charge < -0.3 is 48.8 Å². The number of unbranched alkanes of at least 4 members (excludes halogenated alkanes) is 2. The van der Waals surface area contributed by atoms with E-state index in [0.29, 0.717) is 110 Å². The molecule has 4 aliphatic heterocycles. The number of aliphatic imine (C=N–C) groups is 1. The Morgan fingerprint density at radius 3 is 2.08 bits per heavy atom. The van der Waals surface area contributed by atoms with Gasteiger partial charge in [0.05, 0.1) is 67.6 Å². The molecule has 0 spiro atoms. The lowest BCUT2D eigenvalue weighted by molar-refractivity contribution is -0.137. The van der Waals surface area contributed by atoms with Gasteiger partial charge in [0, 0.05) is 56.5 Å². The summed E-state index contributed by atoms with van der Waals surface area (Å²) in [5, 5.41) is 11.9. The van der Waals surface area contributed by atoms with Crippen molar-refractivity contribution in [2.45, 2.75) is 100.0 Å². The number of methoxy groups -OCH3 is 2. The van der Waals surface area contributed by atoms with E-state index < -0.39 is 32.5 Å². The van der Waals surface area contributed by atoms with Gasteiger partial charge in [0.15, 0.2) is 23.0 Å². The van der Waals surface area contributed by atoms with E-state index in [9.17, 15) is 29.1 Å². The molecule has 2 saturated heterocycles. The highest BCUT2D eigenvalue weighted by Crippen LogP contribution is 2.43. The maximum atomic E-state index is 14.7. The molecule has 4 amide bonds. The van der Waals surface area contributed by atoms with E-state index in [1.165, 1.54) is 7.11 Å². The van der Waals surface area contributed by atoms with E-state index in [4.69, 9.17) is 23.7 Å². The van der Waals surface area contributed by atoms with Crippen LogP contribution < -0.4 is 29.2 Å². The number of benzene rings is 2. The van der Waals surface area contributed by atoms with E-state index in [1.807, 2.05) is 27.7 Å². The number of rotatable bonds is 21. The second-order valence-electron chi connectivity index (χ2n) is 18.4. The van der Waals surface area contributed by atoms with Crippen molar-refractivity contribution >= 4 is 79.0 Å². The van der Waals surface area contributed by atoms with Crippen molar-refractivity contribution in [3.8, 4) is 23.0 Å². The van der Waals surface area contributed by atoms with Crippen LogP contribution in [0.2, 0.25) is 0 Å². The van der Waals surface area contributed by atoms with Crippen molar-refractivity contribution < 1.29 is 52.8 Å². The molecule has 2 unspecified atom stereocenters. The number of hydrogen-bond acceptors (Lipinski definition) is 11. The molecule has 0 bridgehead atoms. The average Bonchev–Trinajstić information content (AvgIpc) is 3.79. The van der Waals surface area contributed by atoms with Gasteiger partial charge >= 0.3 is 5.97 Å². The molecule has 66 heavy (non-hydrogen) atoms. The number of anilines is 1. The number of aliphatic carboxylic acids is 1. The number of nitrogens with zero attached hydrogens (tertiary/aromatic N) is 4. The van der Waals surface area contributed by atoms with Crippen LogP contribution in [0.15, 0.2) is 53.6 Å². The predicted molar refractivity (Wildman–Crippen MR) is 258 cm³/mol. The van der Waals surface area contributed by atoms with E-state index in [0.717, 1.165) is 17.6 Å². The molecule has 0 aliphatic carbocycles. The number of ether oxygens (including phenoxy) is 5. The summed E-state index contributed by atoms with van der Waals surface area (Å²) in [5.41, 5.74) is 2.13. The van der Waals surface area contributed by atoms with Gasteiger partial charge in [0.1, 0.15) is 9.65 Å². The van der Waals surface area contributed by atoms with E-state index in [-0.39, 0.29) is 49.5 Å². The first-order valence-corrected chi connectivity index (χ1v) is 24.0. The number of carboxylic acids is 1. The highest BCUT2D eigenvalue weighted by Gasteiger charge is 2.43. The Morgan fingerprint density at radius 1 is 0.818 bits per heavy atom. The Labute approximate surface area is 403 Å². The number of fused-ring (bicyclic) bond motifs is 4. The molecule has 4 aliphatic rings. The topological polar surface area (TPSA) is 186 Å². The van der Waals surface area contributed by atoms with Crippen LogP contribution in [0.5, 0.6) is 23.0 Å². The summed E-state index contributed by atoms with van der Waals surface area (Å²) >= 11 is 6.13. The fourth-order valence-corrected chi connectivity index (χ4v) is 9.10. The normalized spacial score (nSPS) is 19.0. The SMILES string of the molecule is C=C1C[C@H]2CN(C(=O)C(C)(C)CCOC(C)(C)CCNC(=O)C(Br)C(Br)C(=O)O)c3cc(OCCCCCOc4cc5c(cc4OC)C(=O)N4CC(=C)C[C@H]4C=N5)c(OC)cc3C(=O)N2C1. The molecule has 18 heteroatoms. The minimum Gasteiger partial charge on any atom is -0.493 e. The zero-order chi connectivity index (χ0) is 48.1. The number of carbonyl (C=O) groups excluding carboxylic acids is 4. The van der Waals surface area contributed by atoms with Crippen molar-refractivity contribution in [3.63, 3.8) is 0 Å². The second-order valence-corrected chi connectivity index (χ2v) is 20.4. The van der Waals surface area contributed by atoms with Crippen LogP contribution in [-0.2, 0) is 19.1 Å². The summed E-state index contributed by atoms with van der Waals surface area (Å²) < 4.78 is 30.0. The fourth-order valence-electron chi connectivity index (χ4n) is 8.47. The molecule has 2 aromatic rings. The zero-order valence-corrected chi connectivity index (χ0v) is 41.8. The lowest BCUT2D eigenvalue weighted by Gasteiger charge is -2.34. The van der Waals surface area contributed by atoms with Crippen molar-refractivity contribution in [3.05, 3.63) is 59.7 Å². The van der Waals surface area contributed by atoms with Gasteiger partial charge in [0.2, 0.25) is 11.8 Å². The molecule has 4 heterocycles. The smallest absolute Gasteiger partial charge is 0.318 e. The Kier molecular flexibility index (Phi) is 16.3. The predicted octanol–water partition coefficient (Wildman–Crippen LogP) is 7.27. The molecule has 16 nitrogen and oxygen atoms in total. The molecule has 2 fully saturated rings. The van der Waals surface area contributed by atoms with Crippen LogP contribution in [0.3, 0.4) is 0 Å². The van der Waals surface area contributed by atoms with E-state index in [2.05, 4.69) is 55.3 Å². The maximum absolute atomic E-state index is 14.7. The van der Waals surface area contributed by atoms with Gasteiger partial charge in [-0.2, -0.15) is 0 Å². The number of halogens is 2. The third kappa shape index (κ3) is 11.6. The molecule has 2 N–H and O–H groups in total. The monoisotopic (exact) mass is 1040 g/mol. The van der Waals surface area contributed by atoms with Crippen molar-refractivity contribution in [1.29, 1.82) is 0 Å². The third-order valence-corrected chi connectivity index (χ3v) is 15.0. The third-order valence-electron chi connectivity index (χ3n) is 12.4. The number of alkyl halides is 2. The average molecular weight is 1040 g/mol. The molecule has 0 aromatic heterocycles. The number of amides is 4. The van der Waals surface area contributed by atoms with Crippen molar-refractivity contribution in [2.75, 3.05) is 65.1 Å². The van der Waals surface area contributed by atoms with Crippen LogP contribution in [0.25, 0.3) is 0 Å². The highest BCUT2D eigenvalue weighted by molar-refractivity contribution is 9.12. The fraction of sp³-hybridized carbons (Fsp3) is 0.542. The lowest BCUT2D eigenvalue weighted by Crippen LogP contribution is -2.47. The van der Waals surface area contributed by atoms with Gasteiger partial charge in [0.25, 0.3) is 11.8 Å². The lowest BCUT2D eigenvalue weighted by atomic mass is 9.87. The van der Waals surface area contributed by atoms with Crippen LogP contribution in [0, 0.1) is 5.41 Å². The Morgan fingerprint density at radius 2 is 1.42 bits per heavy atom. The minimum absolute atomic E-state index is 0.108. The molecule has 4 atom stereocenters. The minimum atomic E-state index is -1.15. The molecule has 2 aromatic carbocycles. The Bertz CT molecular complexity index is 2260. The zero-order valence-electron chi connectivity index (χ0n) is 38.6. The first-order valence-electron chi connectivity index (χ1n) is 22.2. The maximum Gasteiger partial charge on any atom is 0.318 e. The molecule has 0 saturated carbocycles. The van der Waals surface area contributed by atoms with Gasteiger partial charge in [-0.25, -0.2) is 0 Å². The van der Waals surface area contributed by atoms with Crippen molar-refractivity contribution in [2.24, 2.45) is 10.4 Å². The standard InChI is InChI=1S/C48H61Br2N5O11/c1-28-18-30-24-52-34-22-38(36(62-7)20-32(34)43(57)53(30)25-28)64-15-10-9-11-16-65-39-23-35-33(21-37(39)63-8)44(58)54-26-29(2)19-31(54)27-55(35)46(61)47(3,4)13-17-66-48(5,6)12-14-51-42(56)40(49)41(50)45(59)60/h20-24,30-31,40-41H,1-2,9-19,25-27H2,3-8H3,(H,51,56)(H,59,60)/t30-,31-,40?,41?/m0/s1. The summed E-state index contributed by atoms with van der Waals surface area (Å²) in [5.74, 6) is -0.352. The quantitative estimate of drug-likeness (QED) is 0.0728. The molecular weight excluding hydrogens is 982 g/mol. The molecular formula is C48H61Br2N5O11. The Hall–Kier alpha value is -4.94. The van der Waals surface area contributed by atoms with Crippen LogP contribution >= 0.6 is 31.9 Å². The number of nitrogens with one attached hydrogen (secondary N) is 1.